The number of allylic oxidation sites excluding steroid dienone is 1. The first kappa shape index (κ1) is 12.2. The lowest BCUT2D eigenvalue weighted by Crippen LogP contribution is -2.38. The summed E-state index contributed by atoms with van der Waals surface area (Å²) < 4.78 is 0. The van der Waals surface area contributed by atoms with Crippen LogP contribution in [0.25, 0.3) is 0 Å². The Labute approximate surface area is 99.9 Å². The van der Waals surface area contributed by atoms with Crippen LogP contribution in [-0.2, 0) is 0 Å². The first-order valence-electron chi connectivity index (χ1n) is 6.90. The van der Waals surface area contributed by atoms with Gasteiger partial charge in [0.05, 0.1) is 0 Å². The quantitative estimate of drug-likeness (QED) is 0.702. The highest BCUT2D eigenvalue weighted by atomic mass is 16.2. The van der Waals surface area contributed by atoms with Crippen molar-refractivity contribution in [3.05, 3.63) is 11.1 Å². The van der Waals surface area contributed by atoms with E-state index in [9.17, 15) is 5.11 Å². The van der Waals surface area contributed by atoms with Gasteiger partial charge < -0.3 is 5.11 Å². The molecule has 0 aliphatic heterocycles. The van der Waals surface area contributed by atoms with Crippen molar-refractivity contribution in [3.63, 3.8) is 0 Å². The van der Waals surface area contributed by atoms with E-state index in [4.69, 9.17) is 0 Å². The maximum absolute atomic E-state index is 9.29. The van der Waals surface area contributed by atoms with Gasteiger partial charge in [0, 0.05) is 6.61 Å². The van der Waals surface area contributed by atoms with E-state index in [1.54, 1.807) is 11.1 Å². The molecule has 1 saturated carbocycles. The van der Waals surface area contributed by atoms with E-state index in [1.165, 1.54) is 32.1 Å². The summed E-state index contributed by atoms with van der Waals surface area (Å²) in [4.78, 5) is 0. The lowest BCUT2D eigenvalue weighted by Gasteiger charge is -2.49. The average molecular weight is 222 g/mol. The van der Waals surface area contributed by atoms with Crippen LogP contribution in [-0.4, -0.2) is 11.7 Å². The molecule has 0 heterocycles. The van der Waals surface area contributed by atoms with E-state index >= 15 is 0 Å². The molecule has 3 unspecified atom stereocenters. The molecular formula is C15H26O. The molecule has 0 amide bonds. The number of aliphatic hydroxyl groups excluding tert-OH is 1. The Morgan fingerprint density at radius 1 is 1.38 bits per heavy atom. The largest absolute Gasteiger partial charge is 0.396 e. The lowest BCUT2D eigenvalue weighted by molar-refractivity contribution is 0.109. The average Bonchev–Trinajstić information content (AvgIpc) is 2.26. The predicted octanol–water partition coefficient (Wildman–Crippen LogP) is 3.92. The lowest BCUT2D eigenvalue weighted by atomic mass is 9.56. The molecule has 1 heteroatoms. The molecule has 3 atom stereocenters. The highest BCUT2D eigenvalue weighted by molar-refractivity contribution is 5.27. The normalized spacial score (nSPS) is 39.8. The molecule has 2 aliphatic carbocycles. The Kier molecular flexibility index (Phi) is 3.44. The minimum Gasteiger partial charge on any atom is -0.396 e. The second-order valence-corrected chi connectivity index (χ2v) is 6.13. The fourth-order valence-corrected chi connectivity index (χ4v) is 4.13. The van der Waals surface area contributed by atoms with Gasteiger partial charge in [0.1, 0.15) is 0 Å². The van der Waals surface area contributed by atoms with Gasteiger partial charge >= 0.3 is 0 Å². The van der Waals surface area contributed by atoms with Gasteiger partial charge in [0.15, 0.2) is 0 Å². The highest BCUT2D eigenvalue weighted by Crippen LogP contribution is 2.55. The van der Waals surface area contributed by atoms with E-state index < -0.39 is 0 Å². The highest BCUT2D eigenvalue weighted by Gasteiger charge is 2.43. The van der Waals surface area contributed by atoms with Gasteiger partial charge in [-0.3, -0.25) is 0 Å². The summed E-state index contributed by atoms with van der Waals surface area (Å²) in [6.45, 7) is 7.44. The third kappa shape index (κ3) is 1.84. The van der Waals surface area contributed by atoms with Gasteiger partial charge in [-0.2, -0.15) is 0 Å². The molecule has 0 radical (unpaired) electrons. The third-order valence-electron chi connectivity index (χ3n) is 5.30. The molecule has 0 spiro atoms. The summed E-state index contributed by atoms with van der Waals surface area (Å²) >= 11 is 0. The maximum atomic E-state index is 9.29. The van der Waals surface area contributed by atoms with Crippen LogP contribution in [0.5, 0.6) is 0 Å². The second kappa shape index (κ2) is 4.52. The van der Waals surface area contributed by atoms with Crippen molar-refractivity contribution >= 4 is 0 Å². The summed E-state index contributed by atoms with van der Waals surface area (Å²) in [5.41, 5.74) is 3.59. The SMILES string of the molecule is CC1=C(CCO)C2(C)CCCCC2CC1C. The Balaban J connectivity index is 2.35. The molecule has 1 N–H and O–H groups in total. The molecule has 0 aromatic heterocycles. The van der Waals surface area contributed by atoms with Gasteiger partial charge in [-0.1, -0.05) is 37.8 Å². The second-order valence-electron chi connectivity index (χ2n) is 6.13. The van der Waals surface area contributed by atoms with E-state index in [-0.39, 0.29) is 0 Å². The number of aliphatic hydroxyl groups is 1. The zero-order chi connectivity index (χ0) is 11.8. The molecule has 0 aromatic rings. The van der Waals surface area contributed by atoms with Crippen LogP contribution >= 0.6 is 0 Å². The summed E-state index contributed by atoms with van der Waals surface area (Å²) in [5, 5.41) is 9.29. The summed E-state index contributed by atoms with van der Waals surface area (Å²) in [5.74, 6) is 1.61. The summed E-state index contributed by atoms with van der Waals surface area (Å²) in [6.07, 6.45) is 7.82. The fourth-order valence-electron chi connectivity index (χ4n) is 4.13. The van der Waals surface area contributed by atoms with Crippen LogP contribution in [0, 0.1) is 17.3 Å². The molecule has 0 saturated heterocycles. The topological polar surface area (TPSA) is 20.2 Å². The number of fused-ring (bicyclic) bond motifs is 1. The van der Waals surface area contributed by atoms with Gasteiger partial charge in [-0.25, -0.2) is 0 Å². The molecular weight excluding hydrogens is 196 g/mol. The Hall–Kier alpha value is -0.300. The van der Waals surface area contributed by atoms with E-state index in [0.717, 1.165) is 18.3 Å². The standard InChI is InChI=1S/C15H26O/c1-11-10-13-6-4-5-8-15(13,3)14(7-9-16)12(11)2/h11,13,16H,4-10H2,1-3H3. The molecule has 0 aromatic carbocycles. The summed E-state index contributed by atoms with van der Waals surface area (Å²) in [7, 11) is 0. The number of rotatable bonds is 2. The van der Waals surface area contributed by atoms with Crippen LogP contribution in [0.1, 0.15) is 59.3 Å². The first-order chi connectivity index (χ1) is 7.59. The van der Waals surface area contributed by atoms with E-state index in [0.29, 0.717) is 12.0 Å². The minimum absolute atomic E-state index is 0.321. The van der Waals surface area contributed by atoms with Crippen molar-refractivity contribution in [3.8, 4) is 0 Å². The molecule has 16 heavy (non-hydrogen) atoms. The zero-order valence-corrected chi connectivity index (χ0v) is 11.1. The van der Waals surface area contributed by atoms with E-state index in [1.807, 2.05) is 0 Å². The zero-order valence-electron chi connectivity index (χ0n) is 11.1. The van der Waals surface area contributed by atoms with E-state index in [2.05, 4.69) is 20.8 Å². The van der Waals surface area contributed by atoms with Crippen LogP contribution < -0.4 is 0 Å². The predicted molar refractivity (Wildman–Crippen MR) is 68.2 cm³/mol. The smallest absolute Gasteiger partial charge is 0.0468 e. The van der Waals surface area contributed by atoms with Crippen LogP contribution in [0.15, 0.2) is 11.1 Å². The summed E-state index contributed by atoms with van der Waals surface area (Å²) in [6, 6.07) is 0. The molecule has 2 aliphatic rings. The monoisotopic (exact) mass is 222 g/mol. The van der Waals surface area contributed by atoms with Crippen LogP contribution in [0.3, 0.4) is 0 Å². The molecule has 0 bridgehead atoms. The molecule has 2 rings (SSSR count). The fraction of sp³-hybridized carbons (Fsp3) is 0.867. The number of hydrogen-bond donors (Lipinski definition) is 1. The molecule has 1 nitrogen and oxygen atoms in total. The van der Waals surface area contributed by atoms with Crippen LogP contribution in [0.2, 0.25) is 0 Å². The Bertz CT molecular complexity index is 292. The van der Waals surface area contributed by atoms with Gasteiger partial charge in [-0.05, 0) is 49.9 Å². The van der Waals surface area contributed by atoms with Gasteiger partial charge in [0.2, 0.25) is 0 Å². The van der Waals surface area contributed by atoms with Crippen molar-refractivity contribution in [1.82, 2.24) is 0 Å². The van der Waals surface area contributed by atoms with Gasteiger partial charge in [0.25, 0.3) is 0 Å². The maximum Gasteiger partial charge on any atom is 0.0468 e. The third-order valence-corrected chi connectivity index (χ3v) is 5.30. The van der Waals surface area contributed by atoms with Crippen molar-refractivity contribution in [2.75, 3.05) is 6.61 Å². The Morgan fingerprint density at radius 2 is 2.12 bits per heavy atom. The Morgan fingerprint density at radius 3 is 2.81 bits per heavy atom. The van der Waals surface area contributed by atoms with Crippen molar-refractivity contribution in [2.24, 2.45) is 17.3 Å². The van der Waals surface area contributed by atoms with Gasteiger partial charge in [-0.15, -0.1) is 0 Å². The van der Waals surface area contributed by atoms with Crippen molar-refractivity contribution in [1.29, 1.82) is 0 Å². The first-order valence-corrected chi connectivity index (χ1v) is 6.90. The minimum atomic E-state index is 0.321. The number of hydrogen-bond acceptors (Lipinski definition) is 1. The molecule has 1 fully saturated rings. The van der Waals surface area contributed by atoms with Crippen molar-refractivity contribution < 1.29 is 5.11 Å². The van der Waals surface area contributed by atoms with Crippen LogP contribution in [0.4, 0.5) is 0 Å². The van der Waals surface area contributed by atoms with Crippen molar-refractivity contribution in [2.45, 2.75) is 59.3 Å². The molecule has 92 valence electrons.